The van der Waals surface area contributed by atoms with Crippen LogP contribution in [0.5, 0.6) is 0 Å². The molecule has 0 radical (unpaired) electrons. The van der Waals surface area contributed by atoms with Crippen LogP contribution in [0.3, 0.4) is 0 Å². The molecule has 0 saturated heterocycles. The summed E-state index contributed by atoms with van der Waals surface area (Å²) in [5.74, 6) is -0.833. The first-order chi connectivity index (χ1) is 20.4. The number of aliphatic carboxylic acids is 1. The van der Waals surface area contributed by atoms with E-state index in [1.54, 1.807) is 11.8 Å². The second-order valence-corrected chi connectivity index (χ2v) is 13.9. The lowest BCUT2D eigenvalue weighted by Crippen LogP contribution is -2.42. The third-order valence-electron chi connectivity index (χ3n) is 7.00. The van der Waals surface area contributed by atoms with Crippen molar-refractivity contribution in [1.82, 2.24) is 15.3 Å². The van der Waals surface area contributed by atoms with E-state index in [1.807, 2.05) is 48.8 Å². The van der Waals surface area contributed by atoms with Gasteiger partial charge in [-0.25, -0.2) is 9.97 Å². The van der Waals surface area contributed by atoms with Crippen LogP contribution in [0.2, 0.25) is 0 Å². The molecule has 0 fully saturated rings. The van der Waals surface area contributed by atoms with E-state index in [0.29, 0.717) is 10.7 Å². The zero-order chi connectivity index (χ0) is 31.1. The van der Waals surface area contributed by atoms with Gasteiger partial charge in [0.2, 0.25) is 5.91 Å². The minimum Gasteiger partial charge on any atom is -0.480 e. The van der Waals surface area contributed by atoms with Crippen molar-refractivity contribution in [3.63, 3.8) is 0 Å². The summed E-state index contributed by atoms with van der Waals surface area (Å²) in [6.45, 7) is 9.81. The van der Waals surface area contributed by atoms with E-state index < -0.39 is 23.8 Å². The van der Waals surface area contributed by atoms with Gasteiger partial charge in [0.05, 0.1) is 4.88 Å². The van der Waals surface area contributed by atoms with Gasteiger partial charge in [-0.05, 0) is 59.9 Å². The Morgan fingerprint density at radius 1 is 0.907 bits per heavy atom. The number of carboxylic acid groups (broad SMARTS) is 1. The number of aromatic nitrogens is 2. The van der Waals surface area contributed by atoms with Crippen LogP contribution < -0.4 is 5.32 Å². The molecule has 9 heteroatoms. The molecule has 0 bridgehead atoms. The lowest BCUT2D eigenvalue weighted by Gasteiger charge is -2.18. The minimum absolute atomic E-state index is 0.0211. The van der Waals surface area contributed by atoms with Gasteiger partial charge in [0.25, 0.3) is 0 Å². The van der Waals surface area contributed by atoms with Gasteiger partial charge in [-0.2, -0.15) is 0 Å². The Bertz CT molecular complexity index is 1560. The van der Waals surface area contributed by atoms with Crippen molar-refractivity contribution in [3.05, 3.63) is 88.4 Å². The van der Waals surface area contributed by atoms with Crippen molar-refractivity contribution in [2.75, 3.05) is 5.75 Å². The van der Waals surface area contributed by atoms with Crippen molar-refractivity contribution in [2.45, 2.75) is 63.8 Å². The number of nitrogens with zero attached hydrogens (tertiary/aromatic N) is 2. The van der Waals surface area contributed by atoms with Crippen LogP contribution in [0.15, 0.2) is 78.0 Å². The number of thiophene rings is 1. The fraction of sp³-hybridized carbons (Fsp3) is 0.324. The molecule has 7 nitrogen and oxygen atoms in total. The molecule has 2 N–H and O–H groups in total. The molecule has 4 rings (SSSR count). The molecular weight excluding hydrogens is 579 g/mol. The van der Waals surface area contributed by atoms with E-state index in [1.165, 1.54) is 23.2 Å². The number of Topliss-reactive ketones (excluding diaryl/α,β-unsaturated/α-hetero) is 1. The Morgan fingerprint density at radius 2 is 1.53 bits per heavy atom. The predicted octanol–water partition coefficient (Wildman–Crippen LogP) is 7.30. The summed E-state index contributed by atoms with van der Waals surface area (Å²) >= 11 is 3.24. The first-order valence-electron chi connectivity index (χ1n) is 14.3. The number of hydrogen-bond acceptors (Lipinski definition) is 7. The van der Waals surface area contributed by atoms with Crippen LogP contribution in [-0.2, 0) is 21.4 Å². The van der Waals surface area contributed by atoms with Crippen molar-refractivity contribution >= 4 is 40.8 Å². The average molecular weight is 616 g/mol. The largest absolute Gasteiger partial charge is 0.480 e. The average Bonchev–Trinajstić information content (AvgIpc) is 3.50. The summed E-state index contributed by atoms with van der Waals surface area (Å²) in [6.07, 6.45) is 3.88. The molecular formula is C34H37N3O4S2. The highest BCUT2D eigenvalue weighted by Crippen LogP contribution is 2.31. The number of ketones is 1. The summed E-state index contributed by atoms with van der Waals surface area (Å²) in [5, 5.41) is 11.8. The molecule has 43 heavy (non-hydrogen) atoms. The molecule has 2 aromatic carbocycles. The molecule has 0 aliphatic carbocycles. The number of hydrogen-bond donors (Lipinski definition) is 2. The quantitative estimate of drug-likeness (QED) is 0.127. The first kappa shape index (κ1) is 32.1. The number of carboxylic acids is 1. The van der Waals surface area contributed by atoms with Gasteiger partial charge < -0.3 is 10.4 Å². The lowest BCUT2D eigenvalue weighted by atomic mass is 9.92. The van der Waals surface area contributed by atoms with Gasteiger partial charge in [0.1, 0.15) is 6.04 Å². The molecule has 0 unspecified atom stereocenters. The normalized spacial score (nSPS) is 12.9. The van der Waals surface area contributed by atoms with E-state index in [4.69, 9.17) is 0 Å². The van der Waals surface area contributed by atoms with Gasteiger partial charge in [-0.15, -0.1) is 23.1 Å². The Kier molecular flexibility index (Phi) is 10.5. The Balaban J connectivity index is 1.48. The maximum atomic E-state index is 13.2. The Morgan fingerprint density at radius 3 is 2.09 bits per heavy atom. The number of nitrogens with one attached hydrogen (secondary N) is 1. The highest BCUT2D eigenvalue weighted by atomic mass is 32.2. The summed E-state index contributed by atoms with van der Waals surface area (Å²) in [7, 11) is 0. The van der Waals surface area contributed by atoms with Crippen molar-refractivity contribution < 1.29 is 19.5 Å². The molecule has 2 aromatic heterocycles. The highest BCUT2D eigenvalue weighted by molar-refractivity contribution is 7.99. The monoisotopic (exact) mass is 615 g/mol. The molecule has 0 aliphatic heterocycles. The number of rotatable bonds is 12. The first-order valence-corrected chi connectivity index (χ1v) is 16.1. The van der Waals surface area contributed by atoms with Gasteiger partial charge in [-0.3, -0.25) is 14.4 Å². The van der Waals surface area contributed by atoms with E-state index >= 15 is 0 Å². The third kappa shape index (κ3) is 8.61. The smallest absolute Gasteiger partial charge is 0.325 e. The molecule has 1 amide bonds. The summed E-state index contributed by atoms with van der Waals surface area (Å²) in [5.41, 5.74) is 3.58. The number of carbonyl (C=O) groups is 3. The number of carbonyl (C=O) groups excluding carboxylic acids is 2. The molecule has 224 valence electrons. The van der Waals surface area contributed by atoms with Crippen LogP contribution in [0.1, 0.15) is 61.2 Å². The van der Waals surface area contributed by atoms with Gasteiger partial charge in [0.15, 0.2) is 11.6 Å². The number of benzene rings is 2. The van der Waals surface area contributed by atoms with Crippen molar-refractivity contribution in [2.24, 2.45) is 5.92 Å². The zero-order valence-electron chi connectivity index (χ0n) is 25.1. The maximum absolute atomic E-state index is 13.2. The molecule has 4 aromatic rings. The molecule has 0 saturated carbocycles. The van der Waals surface area contributed by atoms with Crippen molar-refractivity contribution in [1.29, 1.82) is 0 Å². The van der Waals surface area contributed by atoms with Crippen LogP contribution in [-0.4, -0.2) is 44.5 Å². The summed E-state index contributed by atoms with van der Waals surface area (Å²) < 4.78 is 0. The zero-order valence-corrected chi connectivity index (χ0v) is 26.7. The third-order valence-corrected chi connectivity index (χ3v) is 9.44. The SMILES string of the molecule is CCSc1ccc(-c2cnc(-c3ccc(C[C@H](CC(=O)c4ccc(C(C)(C)C)s4)C(=O)N[C@H](C)C(=O)O)cc3)nc2)cc1. The maximum Gasteiger partial charge on any atom is 0.325 e. The molecule has 0 aliphatic rings. The topological polar surface area (TPSA) is 109 Å². The fourth-order valence-electron chi connectivity index (χ4n) is 4.48. The Labute approximate surface area is 261 Å². The van der Waals surface area contributed by atoms with Crippen LogP contribution in [0.25, 0.3) is 22.5 Å². The second-order valence-electron chi connectivity index (χ2n) is 11.5. The second kappa shape index (κ2) is 14.1. The van der Waals surface area contributed by atoms with Crippen LogP contribution in [0, 0.1) is 5.92 Å². The standard InChI is InChI=1S/C34H37N3O4S2/c1-6-42-27-13-11-23(12-14-27)26-19-35-31(36-20-26)24-9-7-22(8-10-24)17-25(32(39)37-21(2)33(40)41)18-28(38)29-15-16-30(43-29)34(3,4)5/h7-16,19-21,25H,6,17-18H2,1-5H3,(H,37,39)(H,40,41)/t21-,25-/m1/s1. The van der Waals surface area contributed by atoms with Gasteiger partial charge in [0, 0.05) is 45.6 Å². The van der Waals surface area contributed by atoms with Crippen molar-refractivity contribution in [3.8, 4) is 22.5 Å². The Hall–Kier alpha value is -3.82. The van der Waals surface area contributed by atoms with Crippen LogP contribution >= 0.6 is 23.1 Å². The van der Waals surface area contributed by atoms with E-state index in [0.717, 1.165) is 32.9 Å². The van der Waals surface area contributed by atoms with E-state index in [9.17, 15) is 19.5 Å². The fourth-order valence-corrected chi connectivity index (χ4v) is 6.15. The predicted molar refractivity (Wildman–Crippen MR) is 174 cm³/mol. The van der Waals surface area contributed by atoms with Gasteiger partial charge >= 0.3 is 5.97 Å². The number of thioether (sulfide) groups is 1. The van der Waals surface area contributed by atoms with Crippen LogP contribution in [0.4, 0.5) is 0 Å². The molecule has 2 atom stereocenters. The summed E-state index contributed by atoms with van der Waals surface area (Å²) in [6, 6.07) is 18.6. The van der Waals surface area contributed by atoms with E-state index in [-0.39, 0.29) is 24.0 Å². The highest BCUT2D eigenvalue weighted by Gasteiger charge is 2.27. The minimum atomic E-state index is -1.13. The molecule has 2 heterocycles. The number of amides is 1. The molecule has 0 spiro atoms. The van der Waals surface area contributed by atoms with Gasteiger partial charge in [-0.1, -0.05) is 64.1 Å². The lowest BCUT2D eigenvalue weighted by molar-refractivity contribution is -0.141. The van der Waals surface area contributed by atoms with E-state index in [2.05, 4.69) is 67.2 Å². The summed E-state index contributed by atoms with van der Waals surface area (Å²) in [4.78, 5) is 49.8.